The molecule has 0 aromatic carbocycles. The summed E-state index contributed by atoms with van der Waals surface area (Å²) in [5.41, 5.74) is -0.805. The minimum atomic E-state index is -0.805. The van der Waals surface area contributed by atoms with Crippen molar-refractivity contribution < 1.29 is 9.90 Å². The fourth-order valence-corrected chi connectivity index (χ4v) is 2.93. The highest BCUT2D eigenvalue weighted by atomic mass is 16.3. The summed E-state index contributed by atoms with van der Waals surface area (Å²) < 4.78 is 0. The van der Waals surface area contributed by atoms with Crippen LogP contribution >= 0.6 is 0 Å². The van der Waals surface area contributed by atoms with E-state index in [9.17, 15) is 15.2 Å². The lowest BCUT2D eigenvalue weighted by molar-refractivity contribution is -0.139. The Hall–Kier alpha value is -1.08. The molecule has 2 aliphatic rings. The SMILES string of the molecule is N#CC1(C(=O)N2CCC(O)C2)CCCCCC1. The quantitative estimate of drug-likeness (QED) is 0.701. The minimum Gasteiger partial charge on any atom is -0.391 e. The number of β-amino-alcohol motifs (C(OH)–C–C–N with tert-alkyl or cyclic N) is 1. The summed E-state index contributed by atoms with van der Waals surface area (Å²) in [6.45, 7) is 1.01. The topological polar surface area (TPSA) is 64.3 Å². The number of nitriles is 1. The molecule has 0 aromatic rings. The maximum atomic E-state index is 12.4. The predicted molar refractivity (Wildman–Crippen MR) is 63.0 cm³/mol. The Morgan fingerprint density at radius 3 is 2.41 bits per heavy atom. The number of rotatable bonds is 1. The maximum Gasteiger partial charge on any atom is 0.243 e. The summed E-state index contributed by atoms with van der Waals surface area (Å²) >= 11 is 0. The highest BCUT2D eigenvalue weighted by Crippen LogP contribution is 2.37. The van der Waals surface area contributed by atoms with Gasteiger partial charge in [-0.05, 0) is 19.3 Å². The first-order chi connectivity index (χ1) is 8.18. The van der Waals surface area contributed by atoms with Crippen LogP contribution in [0, 0.1) is 16.7 Å². The van der Waals surface area contributed by atoms with Crippen LogP contribution in [0.15, 0.2) is 0 Å². The molecular weight excluding hydrogens is 216 g/mol. The Balaban J connectivity index is 2.11. The number of hydrogen-bond acceptors (Lipinski definition) is 3. The zero-order valence-corrected chi connectivity index (χ0v) is 10.2. The van der Waals surface area contributed by atoms with Crippen LogP contribution in [0.2, 0.25) is 0 Å². The van der Waals surface area contributed by atoms with Gasteiger partial charge in [0.05, 0.1) is 12.2 Å². The number of aliphatic hydroxyl groups is 1. The molecule has 94 valence electrons. The summed E-state index contributed by atoms with van der Waals surface area (Å²) in [5, 5.41) is 18.9. The molecule has 17 heavy (non-hydrogen) atoms. The summed E-state index contributed by atoms with van der Waals surface area (Å²) in [6.07, 6.45) is 5.81. The summed E-state index contributed by atoms with van der Waals surface area (Å²) in [4.78, 5) is 14.1. The third-order valence-corrected chi connectivity index (χ3v) is 4.03. The minimum absolute atomic E-state index is 0.0431. The summed E-state index contributed by atoms with van der Waals surface area (Å²) in [7, 11) is 0. The molecule has 2 rings (SSSR count). The van der Waals surface area contributed by atoms with Gasteiger partial charge in [0.25, 0.3) is 0 Å². The number of likely N-dealkylation sites (tertiary alicyclic amines) is 1. The van der Waals surface area contributed by atoms with Crippen LogP contribution in [0.25, 0.3) is 0 Å². The lowest BCUT2D eigenvalue weighted by atomic mass is 9.80. The van der Waals surface area contributed by atoms with Crippen LogP contribution in [-0.4, -0.2) is 35.1 Å². The second-order valence-corrected chi connectivity index (χ2v) is 5.30. The number of nitrogens with zero attached hydrogens (tertiary/aromatic N) is 2. The Bertz CT molecular complexity index is 327. The van der Waals surface area contributed by atoms with E-state index in [2.05, 4.69) is 6.07 Å². The van der Waals surface area contributed by atoms with Gasteiger partial charge in [-0.15, -0.1) is 0 Å². The van der Waals surface area contributed by atoms with Gasteiger partial charge in [0.15, 0.2) is 0 Å². The number of amides is 1. The zero-order chi connectivity index (χ0) is 12.3. The molecule has 4 heteroatoms. The number of carbonyl (C=O) groups excluding carboxylic acids is 1. The van der Waals surface area contributed by atoms with Gasteiger partial charge in [-0.2, -0.15) is 5.26 Å². The molecule has 1 amide bonds. The average Bonchev–Trinajstić information content (AvgIpc) is 2.64. The lowest BCUT2D eigenvalue weighted by Crippen LogP contribution is -2.42. The number of aliphatic hydroxyl groups excluding tert-OH is 1. The molecule has 0 spiro atoms. The van der Waals surface area contributed by atoms with Crippen LogP contribution in [0.1, 0.15) is 44.9 Å². The monoisotopic (exact) mass is 236 g/mol. The first kappa shape index (κ1) is 12.4. The van der Waals surface area contributed by atoms with E-state index >= 15 is 0 Å². The third-order valence-electron chi connectivity index (χ3n) is 4.03. The fourth-order valence-electron chi connectivity index (χ4n) is 2.93. The maximum absolute atomic E-state index is 12.4. The molecule has 4 nitrogen and oxygen atoms in total. The lowest BCUT2D eigenvalue weighted by Gasteiger charge is -2.29. The second kappa shape index (κ2) is 5.05. The molecule has 1 saturated heterocycles. The number of carbonyl (C=O) groups is 1. The van der Waals surface area contributed by atoms with Gasteiger partial charge in [0, 0.05) is 13.1 Å². The van der Waals surface area contributed by atoms with Gasteiger partial charge in [0.2, 0.25) is 5.91 Å². The Kier molecular flexibility index (Phi) is 3.68. The van der Waals surface area contributed by atoms with Crippen molar-refractivity contribution in [2.75, 3.05) is 13.1 Å². The average molecular weight is 236 g/mol. The molecule has 1 unspecified atom stereocenters. The van der Waals surface area contributed by atoms with Crippen LogP contribution in [0.3, 0.4) is 0 Å². The van der Waals surface area contributed by atoms with E-state index in [4.69, 9.17) is 0 Å². The van der Waals surface area contributed by atoms with Crippen molar-refractivity contribution in [1.82, 2.24) is 4.90 Å². The van der Waals surface area contributed by atoms with Crippen molar-refractivity contribution in [1.29, 1.82) is 5.26 Å². The van der Waals surface area contributed by atoms with Crippen molar-refractivity contribution in [2.24, 2.45) is 5.41 Å². The molecule has 1 aliphatic carbocycles. The van der Waals surface area contributed by atoms with E-state index < -0.39 is 11.5 Å². The molecule has 0 aromatic heterocycles. The molecule has 0 radical (unpaired) electrons. The van der Waals surface area contributed by atoms with E-state index in [1.807, 2.05) is 0 Å². The third kappa shape index (κ3) is 2.44. The first-order valence-corrected chi connectivity index (χ1v) is 6.57. The normalized spacial score (nSPS) is 28.5. The predicted octanol–water partition coefficient (Wildman–Crippen LogP) is 1.44. The fraction of sp³-hybridized carbons (Fsp3) is 0.846. The van der Waals surface area contributed by atoms with E-state index in [1.165, 1.54) is 0 Å². The Labute approximate surface area is 102 Å². The summed E-state index contributed by atoms with van der Waals surface area (Å²) in [5.74, 6) is -0.0431. The standard InChI is InChI=1S/C13H20N2O2/c14-10-13(6-3-1-2-4-7-13)12(17)15-8-5-11(16)9-15/h11,16H,1-9H2. The van der Waals surface area contributed by atoms with E-state index in [0.717, 1.165) is 25.7 Å². The van der Waals surface area contributed by atoms with Gasteiger partial charge in [-0.25, -0.2) is 0 Å². The summed E-state index contributed by atoms with van der Waals surface area (Å²) in [6, 6.07) is 2.28. The first-order valence-electron chi connectivity index (χ1n) is 6.57. The van der Waals surface area contributed by atoms with Crippen LogP contribution in [-0.2, 0) is 4.79 Å². The van der Waals surface area contributed by atoms with Crippen molar-refractivity contribution in [2.45, 2.75) is 51.0 Å². The molecule has 1 saturated carbocycles. The molecular formula is C13H20N2O2. The van der Waals surface area contributed by atoms with Crippen LogP contribution < -0.4 is 0 Å². The second-order valence-electron chi connectivity index (χ2n) is 5.30. The van der Waals surface area contributed by atoms with Crippen molar-refractivity contribution >= 4 is 5.91 Å². The smallest absolute Gasteiger partial charge is 0.243 e. The van der Waals surface area contributed by atoms with Crippen molar-refractivity contribution in [3.8, 4) is 6.07 Å². The Morgan fingerprint density at radius 2 is 1.94 bits per heavy atom. The van der Waals surface area contributed by atoms with E-state index in [0.29, 0.717) is 32.4 Å². The molecule has 1 N–H and O–H groups in total. The molecule has 2 fully saturated rings. The highest BCUT2D eigenvalue weighted by Gasteiger charge is 2.43. The van der Waals surface area contributed by atoms with Gasteiger partial charge in [-0.3, -0.25) is 4.79 Å². The van der Waals surface area contributed by atoms with Gasteiger partial charge in [0.1, 0.15) is 5.41 Å². The van der Waals surface area contributed by atoms with E-state index in [1.54, 1.807) is 4.90 Å². The van der Waals surface area contributed by atoms with Gasteiger partial charge < -0.3 is 10.0 Å². The van der Waals surface area contributed by atoms with Crippen LogP contribution in [0.5, 0.6) is 0 Å². The van der Waals surface area contributed by atoms with Gasteiger partial charge in [-0.1, -0.05) is 25.7 Å². The van der Waals surface area contributed by atoms with Crippen LogP contribution in [0.4, 0.5) is 0 Å². The zero-order valence-electron chi connectivity index (χ0n) is 10.2. The van der Waals surface area contributed by atoms with E-state index in [-0.39, 0.29) is 5.91 Å². The van der Waals surface area contributed by atoms with Gasteiger partial charge >= 0.3 is 0 Å². The largest absolute Gasteiger partial charge is 0.391 e. The molecule has 0 bridgehead atoms. The number of hydrogen-bond donors (Lipinski definition) is 1. The molecule has 1 atom stereocenters. The van der Waals surface area contributed by atoms with Crippen molar-refractivity contribution in [3.63, 3.8) is 0 Å². The highest BCUT2D eigenvalue weighted by molar-refractivity contribution is 5.85. The molecule has 1 heterocycles. The van der Waals surface area contributed by atoms with Crippen molar-refractivity contribution in [3.05, 3.63) is 0 Å². The molecule has 1 aliphatic heterocycles. The Morgan fingerprint density at radius 1 is 1.29 bits per heavy atom.